The lowest BCUT2D eigenvalue weighted by molar-refractivity contribution is 0.0821. The van der Waals surface area contributed by atoms with Crippen LogP contribution in [0.15, 0.2) is 12.1 Å². The Balaban J connectivity index is 1.57. The van der Waals surface area contributed by atoms with Gasteiger partial charge in [0.25, 0.3) is 5.91 Å². The molecule has 1 saturated heterocycles. The Morgan fingerprint density at radius 1 is 1.30 bits per heavy atom. The lowest BCUT2D eigenvalue weighted by atomic mass is 10.2. The number of anilines is 1. The smallest absolute Gasteiger partial charge is 0.273 e. The van der Waals surface area contributed by atoms with E-state index in [-0.39, 0.29) is 5.91 Å². The Morgan fingerprint density at radius 3 is 2.70 bits per heavy atom. The fourth-order valence-electron chi connectivity index (χ4n) is 2.64. The molecule has 0 bridgehead atoms. The molecule has 1 aromatic rings. The maximum absolute atomic E-state index is 11.7. The minimum absolute atomic E-state index is 0.121. The molecule has 6 nitrogen and oxygen atoms in total. The average molecular weight is 275 g/mol. The Hall–Kier alpha value is -1.69. The van der Waals surface area contributed by atoms with E-state index in [2.05, 4.69) is 20.4 Å². The number of nitrogens with zero attached hydrogens (tertiary/aromatic N) is 4. The van der Waals surface area contributed by atoms with Crippen LogP contribution in [0.4, 0.5) is 5.82 Å². The summed E-state index contributed by atoms with van der Waals surface area (Å²) in [5.41, 5.74) is 0.381. The van der Waals surface area contributed by atoms with Gasteiger partial charge in [-0.15, -0.1) is 10.2 Å². The fraction of sp³-hybridized carbons (Fsp3) is 0.643. The molecule has 1 atom stereocenters. The van der Waals surface area contributed by atoms with Gasteiger partial charge in [-0.05, 0) is 31.4 Å². The summed E-state index contributed by atoms with van der Waals surface area (Å²) in [6.45, 7) is 2.26. The molecule has 1 N–H and O–H groups in total. The first kappa shape index (κ1) is 13.3. The van der Waals surface area contributed by atoms with Crippen molar-refractivity contribution in [1.82, 2.24) is 20.0 Å². The van der Waals surface area contributed by atoms with Crippen molar-refractivity contribution in [1.29, 1.82) is 0 Å². The van der Waals surface area contributed by atoms with Crippen LogP contribution in [0, 0.1) is 0 Å². The Labute approximate surface area is 119 Å². The van der Waals surface area contributed by atoms with Gasteiger partial charge in [0.2, 0.25) is 0 Å². The van der Waals surface area contributed by atoms with E-state index in [4.69, 9.17) is 0 Å². The second-order valence-electron chi connectivity index (χ2n) is 5.86. The van der Waals surface area contributed by atoms with Crippen molar-refractivity contribution in [3.05, 3.63) is 17.8 Å². The first-order valence-corrected chi connectivity index (χ1v) is 7.19. The molecule has 1 amide bonds. The molecule has 2 fully saturated rings. The molecule has 3 rings (SSSR count). The van der Waals surface area contributed by atoms with Gasteiger partial charge in [0, 0.05) is 39.3 Å². The molecule has 1 aliphatic heterocycles. The SMILES string of the molecule is CN(C)C(=O)c1ccc(NC2CCN(C3CC3)C2)nn1. The summed E-state index contributed by atoms with van der Waals surface area (Å²) in [4.78, 5) is 15.8. The summed E-state index contributed by atoms with van der Waals surface area (Å²) < 4.78 is 0. The van der Waals surface area contributed by atoms with E-state index in [0.717, 1.165) is 24.8 Å². The minimum Gasteiger partial charge on any atom is -0.365 e. The largest absolute Gasteiger partial charge is 0.365 e. The van der Waals surface area contributed by atoms with Crippen LogP contribution in [0.5, 0.6) is 0 Å². The molecule has 0 aromatic carbocycles. The van der Waals surface area contributed by atoms with Crippen molar-refractivity contribution in [3.63, 3.8) is 0 Å². The summed E-state index contributed by atoms with van der Waals surface area (Å²) >= 11 is 0. The second-order valence-corrected chi connectivity index (χ2v) is 5.86. The zero-order valence-corrected chi connectivity index (χ0v) is 12.0. The quantitative estimate of drug-likeness (QED) is 0.882. The van der Waals surface area contributed by atoms with Crippen LogP contribution >= 0.6 is 0 Å². The van der Waals surface area contributed by atoms with Gasteiger partial charge >= 0.3 is 0 Å². The standard InChI is InChI=1S/C14H21N5O/c1-18(2)14(20)12-5-6-13(17-16-12)15-10-7-8-19(9-10)11-3-4-11/h5-6,10-11H,3-4,7-9H2,1-2H3,(H,15,17). The number of carbonyl (C=O) groups is 1. The van der Waals surface area contributed by atoms with Crippen molar-refractivity contribution in [2.24, 2.45) is 0 Å². The van der Waals surface area contributed by atoms with Crippen LogP contribution < -0.4 is 5.32 Å². The van der Waals surface area contributed by atoms with Gasteiger partial charge in [-0.1, -0.05) is 0 Å². The van der Waals surface area contributed by atoms with E-state index in [1.807, 2.05) is 6.07 Å². The number of amides is 1. The van der Waals surface area contributed by atoms with Gasteiger partial charge in [0.05, 0.1) is 0 Å². The molecule has 1 aromatic heterocycles. The summed E-state index contributed by atoms with van der Waals surface area (Å²) in [5.74, 6) is 0.632. The average Bonchev–Trinajstić information content (AvgIpc) is 3.20. The van der Waals surface area contributed by atoms with E-state index in [0.29, 0.717) is 11.7 Å². The molecule has 0 radical (unpaired) electrons. The number of aromatic nitrogens is 2. The van der Waals surface area contributed by atoms with Crippen LogP contribution in [-0.2, 0) is 0 Å². The van der Waals surface area contributed by atoms with Crippen LogP contribution in [0.1, 0.15) is 29.8 Å². The molecule has 2 heterocycles. The summed E-state index contributed by atoms with van der Waals surface area (Å²) in [7, 11) is 3.42. The van der Waals surface area contributed by atoms with Crippen molar-refractivity contribution < 1.29 is 4.79 Å². The number of carbonyl (C=O) groups excluding carboxylic acids is 1. The van der Waals surface area contributed by atoms with Crippen molar-refractivity contribution in [2.45, 2.75) is 31.3 Å². The topological polar surface area (TPSA) is 61.4 Å². The van der Waals surface area contributed by atoms with Crippen molar-refractivity contribution >= 4 is 11.7 Å². The Bertz CT molecular complexity index is 483. The lowest BCUT2D eigenvalue weighted by Gasteiger charge is -2.16. The van der Waals surface area contributed by atoms with Crippen LogP contribution in [0.25, 0.3) is 0 Å². The summed E-state index contributed by atoms with van der Waals surface area (Å²) in [6, 6.07) is 4.84. The van der Waals surface area contributed by atoms with Crippen molar-refractivity contribution in [3.8, 4) is 0 Å². The zero-order chi connectivity index (χ0) is 14.1. The molecular formula is C14H21N5O. The Morgan fingerprint density at radius 2 is 2.10 bits per heavy atom. The molecule has 108 valence electrons. The highest BCUT2D eigenvalue weighted by molar-refractivity contribution is 5.91. The Kier molecular flexibility index (Phi) is 3.56. The fourth-order valence-corrected chi connectivity index (χ4v) is 2.64. The van der Waals surface area contributed by atoms with E-state index in [1.165, 1.54) is 24.3 Å². The highest BCUT2D eigenvalue weighted by atomic mass is 16.2. The molecular weight excluding hydrogens is 254 g/mol. The third-order valence-electron chi connectivity index (χ3n) is 3.92. The molecule has 6 heteroatoms. The van der Waals surface area contributed by atoms with Crippen molar-refractivity contribution in [2.75, 3.05) is 32.5 Å². The molecule has 1 unspecified atom stereocenters. The van der Waals surface area contributed by atoms with E-state index >= 15 is 0 Å². The van der Waals surface area contributed by atoms with Crippen LogP contribution in [-0.4, -0.2) is 65.2 Å². The first-order valence-electron chi connectivity index (χ1n) is 7.19. The maximum atomic E-state index is 11.7. The predicted molar refractivity (Wildman–Crippen MR) is 76.7 cm³/mol. The second kappa shape index (κ2) is 5.36. The highest BCUT2D eigenvalue weighted by Crippen LogP contribution is 2.30. The number of rotatable bonds is 4. The van der Waals surface area contributed by atoms with Gasteiger partial charge in [-0.25, -0.2) is 0 Å². The van der Waals surface area contributed by atoms with Gasteiger partial charge in [0.1, 0.15) is 5.82 Å². The predicted octanol–water partition coefficient (Wildman–Crippen LogP) is 0.827. The molecule has 1 aliphatic carbocycles. The van der Waals surface area contributed by atoms with Gasteiger partial charge in [0.15, 0.2) is 5.69 Å². The van der Waals surface area contributed by atoms with E-state index < -0.39 is 0 Å². The summed E-state index contributed by atoms with van der Waals surface area (Å²) in [5, 5.41) is 11.5. The maximum Gasteiger partial charge on any atom is 0.273 e. The lowest BCUT2D eigenvalue weighted by Crippen LogP contribution is -2.28. The molecule has 1 saturated carbocycles. The first-order chi connectivity index (χ1) is 9.63. The van der Waals surface area contributed by atoms with Crippen LogP contribution in [0.2, 0.25) is 0 Å². The van der Waals surface area contributed by atoms with E-state index in [1.54, 1.807) is 20.2 Å². The normalized spacial score (nSPS) is 22.8. The molecule has 0 spiro atoms. The van der Waals surface area contributed by atoms with Gasteiger partial charge < -0.3 is 10.2 Å². The number of likely N-dealkylation sites (tertiary alicyclic amines) is 1. The van der Waals surface area contributed by atoms with Gasteiger partial charge in [-0.2, -0.15) is 0 Å². The van der Waals surface area contributed by atoms with Gasteiger partial charge in [-0.3, -0.25) is 9.69 Å². The number of hydrogen-bond donors (Lipinski definition) is 1. The summed E-state index contributed by atoms with van der Waals surface area (Å²) in [6.07, 6.45) is 3.86. The highest BCUT2D eigenvalue weighted by Gasteiger charge is 2.34. The van der Waals surface area contributed by atoms with Crippen LogP contribution in [0.3, 0.4) is 0 Å². The minimum atomic E-state index is -0.121. The molecule has 2 aliphatic rings. The molecule has 20 heavy (non-hydrogen) atoms. The van der Waals surface area contributed by atoms with E-state index in [9.17, 15) is 4.79 Å². The monoisotopic (exact) mass is 275 g/mol. The third kappa shape index (κ3) is 2.90. The number of hydrogen-bond acceptors (Lipinski definition) is 5. The zero-order valence-electron chi connectivity index (χ0n) is 12.0. The number of nitrogens with one attached hydrogen (secondary N) is 1. The third-order valence-corrected chi connectivity index (χ3v) is 3.92.